The summed E-state index contributed by atoms with van der Waals surface area (Å²) in [4.78, 5) is 13.6. The molecule has 1 aromatic rings. The lowest BCUT2D eigenvalue weighted by atomic mass is 9.97. The Morgan fingerprint density at radius 3 is 2.37 bits per heavy atom. The lowest BCUT2D eigenvalue weighted by molar-refractivity contribution is 0.120. The third kappa shape index (κ3) is 7.62. The summed E-state index contributed by atoms with van der Waals surface area (Å²) < 4.78 is 0. The monoisotopic (exact) mass is 548 g/mol. The predicted octanol–water partition coefficient (Wildman–Crippen LogP) is 2.94. The van der Waals surface area contributed by atoms with Crippen LogP contribution in [0.3, 0.4) is 0 Å². The molecule has 2 aliphatic heterocycles. The van der Waals surface area contributed by atoms with Gasteiger partial charge in [-0.3, -0.25) is 14.8 Å². The second kappa shape index (κ2) is 13.2. The standard InChI is InChI=1S/C22H40N6S.HI/c1-18-7-9-28(10-8-18)20(21-6-5-15-29-21)17-25-22(23-3)24-16-19(2)27-13-11-26(4)12-14-27;/h5-6,15,18-20H,7-14,16-17H2,1-4H3,(H2,23,24,25);1H. The Kier molecular flexibility index (Phi) is 11.4. The van der Waals surface area contributed by atoms with Crippen LogP contribution >= 0.6 is 35.3 Å². The number of piperazine rings is 1. The second-order valence-corrected chi connectivity index (χ2v) is 9.75. The maximum Gasteiger partial charge on any atom is 0.191 e. The van der Waals surface area contributed by atoms with Gasteiger partial charge in [0.05, 0.1) is 6.04 Å². The minimum Gasteiger partial charge on any atom is -0.355 e. The average molecular weight is 549 g/mol. The van der Waals surface area contributed by atoms with Crippen LogP contribution in [0.4, 0.5) is 0 Å². The molecule has 2 fully saturated rings. The van der Waals surface area contributed by atoms with Crippen molar-refractivity contribution in [1.82, 2.24) is 25.3 Å². The van der Waals surface area contributed by atoms with E-state index >= 15 is 0 Å². The largest absolute Gasteiger partial charge is 0.355 e. The fraction of sp³-hybridized carbons (Fsp3) is 0.773. The summed E-state index contributed by atoms with van der Waals surface area (Å²) in [6, 6.07) is 5.39. The number of likely N-dealkylation sites (N-methyl/N-ethyl adjacent to an activating group) is 1. The van der Waals surface area contributed by atoms with Crippen molar-refractivity contribution in [3.8, 4) is 0 Å². The van der Waals surface area contributed by atoms with Crippen molar-refractivity contribution in [2.45, 2.75) is 38.8 Å². The van der Waals surface area contributed by atoms with E-state index < -0.39 is 0 Å². The van der Waals surface area contributed by atoms with Crippen molar-refractivity contribution in [3.05, 3.63) is 22.4 Å². The van der Waals surface area contributed by atoms with E-state index in [4.69, 9.17) is 0 Å². The van der Waals surface area contributed by atoms with E-state index in [1.54, 1.807) is 0 Å². The molecule has 8 heteroatoms. The Hall–Kier alpha value is -0.420. The zero-order valence-electron chi connectivity index (χ0n) is 19.1. The molecule has 3 rings (SSSR count). The Balaban J connectivity index is 0.00000320. The van der Waals surface area contributed by atoms with Gasteiger partial charge in [0.2, 0.25) is 0 Å². The molecule has 2 unspecified atom stereocenters. The van der Waals surface area contributed by atoms with Crippen LogP contribution in [-0.2, 0) is 0 Å². The molecule has 0 amide bonds. The fourth-order valence-electron chi connectivity index (χ4n) is 4.28. The predicted molar refractivity (Wildman–Crippen MR) is 140 cm³/mol. The first-order valence-corrected chi connectivity index (χ1v) is 12.1. The third-order valence-corrected chi connectivity index (χ3v) is 7.52. The van der Waals surface area contributed by atoms with E-state index in [0.717, 1.165) is 51.1 Å². The van der Waals surface area contributed by atoms with Gasteiger partial charge in [-0.15, -0.1) is 35.3 Å². The molecule has 2 N–H and O–H groups in total. The number of thiophene rings is 1. The molecule has 172 valence electrons. The van der Waals surface area contributed by atoms with Gasteiger partial charge in [-0.2, -0.15) is 0 Å². The van der Waals surface area contributed by atoms with Gasteiger partial charge in [0, 0.05) is 57.2 Å². The molecular weight excluding hydrogens is 507 g/mol. The second-order valence-electron chi connectivity index (χ2n) is 8.77. The number of hydrogen-bond donors (Lipinski definition) is 2. The first-order chi connectivity index (χ1) is 14.1. The van der Waals surface area contributed by atoms with Crippen LogP contribution in [0.1, 0.15) is 37.6 Å². The normalized spacial score (nSPS) is 22.3. The molecule has 0 saturated carbocycles. The van der Waals surface area contributed by atoms with Gasteiger partial charge >= 0.3 is 0 Å². The molecule has 1 aromatic heterocycles. The van der Waals surface area contributed by atoms with Gasteiger partial charge in [0.1, 0.15) is 0 Å². The van der Waals surface area contributed by atoms with Gasteiger partial charge in [-0.05, 0) is 57.3 Å². The van der Waals surface area contributed by atoms with Crippen molar-refractivity contribution in [1.29, 1.82) is 0 Å². The summed E-state index contributed by atoms with van der Waals surface area (Å²) in [5.74, 6) is 1.77. The number of halogens is 1. The fourth-order valence-corrected chi connectivity index (χ4v) is 5.14. The van der Waals surface area contributed by atoms with E-state index in [9.17, 15) is 0 Å². The molecular formula is C22H41IN6S. The van der Waals surface area contributed by atoms with Crippen molar-refractivity contribution >= 4 is 41.3 Å². The van der Waals surface area contributed by atoms with Gasteiger partial charge in [0.15, 0.2) is 5.96 Å². The summed E-state index contributed by atoms with van der Waals surface area (Å²) in [6.45, 7) is 13.5. The average Bonchev–Trinajstić information content (AvgIpc) is 3.26. The highest BCUT2D eigenvalue weighted by Crippen LogP contribution is 2.29. The number of hydrogen-bond acceptors (Lipinski definition) is 5. The minimum absolute atomic E-state index is 0. The van der Waals surface area contributed by atoms with Crippen LogP contribution in [0.25, 0.3) is 0 Å². The first-order valence-electron chi connectivity index (χ1n) is 11.2. The van der Waals surface area contributed by atoms with Crippen LogP contribution in [0.15, 0.2) is 22.5 Å². The third-order valence-electron chi connectivity index (χ3n) is 6.54. The van der Waals surface area contributed by atoms with Gasteiger partial charge < -0.3 is 15.5 Å². The smallest absolute Gasteiger partial charge is 0.191 e. The van der Waals surface area contributed by atoms with Crippen molar-refractivity contribution in [3.63, 3.8) is 0 Å². The Morgan fingerprint density at radius 2 is 1.77 bits per heavy atom. The number of nitrogens with zero attached hydrogens (tertiary/aromatic N) is 4. The Labute approximate surface area is 204 Å². The topological polar surface area (TPSA) is 46.1 Å². The van der Waals surface area contributed by atoms with Crippen LogP contribution in [0.5, 0.6) is 0 Å². The van der Waals surface area contributed by atoms with Crippen molar-refractivity contribution < 1.29 is 0 Å². The minimum atomic E-state index is 0. The molecule has 0 spiro atoms. The lowest BCUT2D eigenvalue weighted by Crippen LogP contribution is -2.52. The number of aliphatic imine (C=N–C) groups is 1. The molecule has 0 radical (unpaired) electrons. The summed E-state index contributed by atoms with van der Waals surface area (Å²) >= 11 is 1.87. The maximum atomic E-state index is 4.48. The summed E-state index contributed by atoms with van der Waals surface area (Å²) in [6.07, 6.45) is 2.61. The zero-order chi connectivity index (χ0) is 20.6. The summed E-state index contributed by atoms with van der Waals surface area (Å²) in [5, 5.41) is 9.36. The van der Waals surface area contributed by atoms with E-state index in [1.807, 2.05) is 18.4 Å². The summed E-state index contributed by atoms with van der Waals surface area (Å²) in [7, 11) is 4.08. The Morgan fingerprint density at radius 1 is 1.10 bits per heavy atom. The van der Waals surface area contributed by atoms with E-state index in [0.29, 0.717) is 12.1 Å². The number of guanidine groups is 1. The number of nitrogens with one attached hydrogen (secondary N) is 2. The Bertz CT molecular complexity index is 609. The maximum absolute atomic E-state index is 4.48. The lowest BCUT2D eigenvalue weighted by Gasteiger charge is -2.37. The van der Waals surface area contributed by atoms with Gasteiger partial charge in [-0.1, -0.05) is 13.0 Å². The molecule has 0 aromatic carbocycles. The molecule has 6 nitrogen and oxygen atoms in total. The van der Waals surface area contributed by atoms with E-state index in [-0.39, 0.29) is 24.0 Å². The number of piperidine rings is 1. The van der Waals surface area contributed by atoms with Gasteiger partial charge in [-0.25, -0.2) is 0 Å². The molecule has 0 aliphatic carbocycles. The molecule has 2 saturated heterocycles. The van der Waals surface area contributed by atoms with Crippen LogP contribution in [0.2, 0.25) is 0 Å². The van der Waals surface area contributed by atoms with Crippen LogP contribution in [0, 0.1) is 5.92 Å². The highest BCUT2D eigenvalue weighted by Gasteiger charge is 2.25. The van der Waals surface area contributed by atoms with Crippen LogP contribution < -0.4 is 10.6 Å². The van der Waals surface area contributed by atoms with E-state index in [2.05, 4.69) is 68.7 Å². The van der Waals surface area contributed by atoms with Crippen LogP contribution in [-0.4, -0.2) is 93.2 Å². The molecule has 2 atom stereocenters. The van der Waals surface area contributed by atoms with Crippen molar-refractivity contribution in [2.75, 3.05) is 66.5 Å². The first kappa shape index (κ1) is 25.8. The van der Waals surface area contributed by atoms with Gasteiger partial charge in [0.25, 0.3) is 0 Å². The number of likely N-dealkylation sites (tertiary alicyclic amines) is 1. The highest BCUT2D eigenvalue weighted by molar-refractivity contribution is 14.0. The molecule has 30 heavy (non-hydrogen) atoms. The quantitative estimate of drug-likeness (QED) is 0.312. The zero-order valence-corrected chi connectivity index (χ0v) is 22.3. The number of rotatable bonds is 7. The molecule has 0 bridgehead atoms. The summed E-state index contributed by atoms with van der Waals surface area (Å²) in [5.41, 5.74) is 0. The van der Waals surface area contributed by atoms with E-state index in [1.165, 1.54) is 30.8 Å². The molecule has 3 heterocycles. The van der Waals surface area contributed by atoms with Crippen molar-refractivity contribution in [2.24, 2.45) is 10.9 Å². The molecule has 2 aliphatic rings. The highest BCUT2D eigenvalue weighted by atomic mass is 127. The SMILES string of the molecule is CN=C(NCC(C)N1CCN(C)CC1)NCC(c1cccs1)N1CCC(C)CC1.I.